The first-order valence-electron chi connectivity index (χ1n) is 11.3. The van der Waals surface area contributed by atoms with Crippen LogP contribution in [0.25, 0.3) is 22.1 Å². The van der Waals surface area contributed by atoms with Crippen molar-refractivity contribution in [3.05, 3.63) is 87.2 Å². The lowest BCUT2D eigenvalue weighted by Gasteiger charge is -2.13. The van der Waals surface area contributed by atoms with E-state index in [2.05, 4.69) is 10.3 Å². The zero-order valence-electron chi connectivity index (χ0n) is 19.7. The Morgan fingerprint density at radius 3 is 2.67 bits per heavy atom. The fourth-order valence-electron chi connectivity index (χ4n) is 3.84. The molecule has 0 saturated carbocycles. The van der Waals surface area contributed by atoms with E-state index in [0.29, 0.717) is 39.0 Å². The van der Waals surface area contributed by atoms with Crippen molar-refractivity contribution in [2.24, 2.45) is 0 Å². The zero-order valence-corrected chi connectivity index (χ0v) is 20.5. The number of rotatable bonds is 8. The molecule has 1 N–H and O–H groups in total. The van der Waals surface area contributed by atoms with Gasteiger partial charge in [0.25, 0.3) is 11.5 Å². The lowest BCUT2D eigenvalue weighted by molar-refractivity contribution is -0.118. The number of nitrogens with zero attached hydrogens (tertiary/aromatic N) is 2. The van der Waals surface area contributed by atoms with Gasteiger partial charge in [0.1, 0.15) is 5.75 Å². The van der Waals surface area contributed by atoms with Gasteiger partial charge in [0.05, 0.1) is 35.0 Å². The van der Waals surface area contributed by atoms with E-state index in [9.17, 15) is 9.59 Å². The largest absolute Gasteiger partial charge is 0.495 e. The van der Waals surface area contributed by atoms with E-state index in [1.807, 2.05) is 49.4 Å². The molecule has 0 bridgehead atoms. The first kappa shape index (κ1) is 23.4. The number of methoxy groups -OCH3 is 1. The Kier molecular flexibility index (Phi) is 6.55. The van der Waals surface area contributed by atoms with Crippen LogP contribution >= 0.6 is 11.3 Å². The van der Waals surface area contributed by atoms with Crippen LogP contribution in [0.3, 0.4) is 0 Å². The number of nitrogens with one attached hydrogen (secondary N) is 1. The minimum Gasteiger partial charge on any atom is -0.495 e. The van der Waals surface area contributed by atoms with Gasteiger partial charge in [-0.1, -0.05) is 41.7 Å². The first-order chi connectivity index (χ1) is 17.6. The molecule has 0 aliphatic rings. The number of benzene rings is 3. The van der Waals surface area contributed by atoms with Gasteiger partial charge in [-0.25, -0.2) is 9.38 Å². The van der Waals surface area contributed by atoms with Gasteiger partial charge in [-0.15, -0.1) is 0 Å². The van der Waals surface area contributed by atoms with Gasteiger partial charge in [0.15, 0.2) is 23.1 Å². The quantitative estimate of drug-likeness (QED) is 0.347. The van der Waals surface area contributed by atoms with Gasteiger partial charge in [-0.2, -0.15) is 0 Å². The first-order valence-corrected chi connectivity index (χ1v) is 12.1. The highest BCUT2D eigenvalue weighted by Gasteiger charge is 2.13. The summed E-state index contributed by atoms with van der Waals surface area (Å²) in [4.78, 5) is 30.7. The molecule has 5 rings (SSSR count). The number of hydrogen-bond acceptors (Lipinski definition) is 7. The summed E-state index contributed by atoms with van der Waals surface area (Å²) in [6.07, 6.45) is 1.80. The Labute approximate surface area is 210 Å². The van der Waals surface area contributed by atoms with Crippen molar-refractivity contribution >= 4 is 45.0 Å². The van der Waals surface area contributed by atoms with Gasteiger partial charge < -0.3 is 19.5 Å². The highest BCUT2D eigenvalue weighted by atomic mass is 32.1. The monoisotopic (exact) mass is 501 g/mol. The van der Waals surface area contributed by atoms with Crippen LogP contribution in [0.2, 0.25) is 0 Å². The summed E-state index contributed by atoms with van der Waals surface area (Å²) < 4.78 is 18.9. The van der Waals surface area contributed by atoms with E-state index in [1.165, 1.54) is 11.3 Å². The van der Waals surface area contributed by atoms with Gasteiger partial charge in [-0.05, 0) is 55.0 Å². The Morgan fingerprint density at radius 2 is 1.83 bits per heavy atom. The molecular weight excluding hydrogens is 478 g/mol. The van der Waals surface area contributed by atoms with Gasteiger partial charge in [0, 0.05) is 0 Å². The van der Waals surface area contributed by atoms with E-state index >= 15 is 0 Å². The van der Waals surface area contributed by atoms with Crippen LogP contribution in [-0.4, -0.2) is 35.6 Å². The van der Waals surface area contributed by atoms with Crippen LogP contribution in [0.4, 0.5) is 5.69 Å². The lowest BCUT2D eigenvalue weighted by Crippen LogP contribution is -2.22. The van der Waals surface area contributed by atoms with Crippen LogP contribution in [0, 0.1) is 0 Å². The number of carbonyl (C=O) groups excluding carboxylic acids is 1. The van der Waals surface area contributed by atoms with Crippen LogP contribution in [0.1, 0.15) is 12.5 Å². The van der Waals surface area contributed by atoms with E-state index in [1.54, 1.807) is 41.9 Å². The number of fused-ring (bicyclic) bond motifs is 3. The normalized spacial score (nSPS) is 11.7. The molecule has 2 heterocycles. The number of anilines is 1. The van der Waals surface area contributed by atoms with Crippen molar-refractivity contribution in [1.82, 2.24) is 9.38 Å². The molecule has 2 aromatic heterocycles. The maximum Gasteiger partial charge on any atom is 0.274 e. The maximum absolute atomic E-state index is 13.1. The number of hydrogen-bond donors (Lipinski definition) is 1. The van der Waals surface area contributed by atoms with Crippen molar-refractivity contribution in [3.63, 3.8) is 0 Å². The number of thiazole rings is 1. The van der Waals surface area contributed by atoms with Gasteiger partial charge in [-0.3, -0.25) is 9.59 Å². The van der Waals surface area contributed by atoms with E-state index in [4.69, 9.17) is 14.2 Å². The summed E-state index contributed by atoms with van der Waals surface area (Å²) in [5, 5.41) is 2.78. The Bertz CT molecular complexity index is 1670. The van der Waals surface area contributed by atoms with E-state index < -0.39 is 0 Å². The molecule has 0 unspecified atom stereocenters. The van der Waals surface area contributed by atoms with E-state index in [-0.39, 0.29) is 18.1 Å². The zero-order chi connectivity index (χ0) is 25.1. The Morgan fingerprint density at radius 1 is 1.03 bits per heavy atom. The van der Waals surface area contributed by atoms with E-state index in [0.717, 1.165) is 16.6 Å². The van der Waals surface area contributed by atoms with Crippen LogP contribution in [0.15, 0.2) is 71.5 Å². The van der Waals surface area contributed by atoms with Crippen molar-refractivity contribution in [2.75, 3.05) is 25.6 Å². The minimum absolute atomic E-state index is 0.116. The number of aromatic nitrogens is 2. The number of para-hydroxylation sites is 4. The molecule has 0 spiro atoms. The predicted octanol–water partition coefficient (Wildman–Crippen LogP) is 3.88. The standard InChI is InChI=1S/C27H23N3O5S/c1-3-34-23-14-17(15-24-26(32)30-20-10-6-4-8-18(20)29-27(30)36-24)12-13-22(23)35-16-25(31)28-19-9-5-7-11-21(19)33-2/h4-15H,3,16H2,1-2H3,(H,28,31)/b24-15-. The molecule has 9 heteroatoms. The third-order valence-corrected chi connectivity index (χ3v) is 6.42. The van der Waals surface area contributed by atoms with Crippen molar-refractivity contribution < 1.29 is 19.0 Å². The Balaban J connectivity index is 1.38. The molecule has 3 aromatic carbocycles. The SMILES string of the molecule is CCOc1cc(/C=c2\sc3nc4ccccc4n3c2=O)ccc1OCC(=O)Nc1ccccc1OC. The molecule has 1 amide bonds. The van der Waals surface area contributed by atoms with Crippen molar-refractivity contribution in [1.29, 1.82) is 0 Å². The molecule has 5 aromatic rings. The highest BCUT2D eigenvalue weighted by molar-refractivity contribution is 7.15. The average molecular weight is 502 g/mol. The van der Waals surface area contributed by atoms with Crippen LogP contribution in [0.5, 0.6) is 17.2 Å². The molecule has 0 aliphatic heterocycles. The summed E-state index contributed by atoms with van der Waals surface area (Å²) in [7, 11) is 1.54. The second-order valence-electron chi connectivity index (χ2n) is 7.81. The molecule has 0 atom stereocenters. The average Bonchev–Trinajstić information content (AvgIpc) is 3.40. The summed E-state index contributed by atoms with van der Waals surface area (Å²) in [5.74, 6) is 1.14. The minimum atomic E-state index is -0.331. The van der Waals surface area contributed by atoms with Gasteiger partial charge in [0.2, 0.25) is 0 Å². The number of ether oxygens (including phenoxy) is 3. The fourth-order valence-corrected chi connectivity index (χ4v) is 4.83. The summed E-state index contributed by atoms with van der Waals surface area (Å²) in [6, 6.07) is 20.0. The third-order valence-electron chi connectivity index (χ3n) is 5.45. The van der Waals surface area contributed by atoms with Gasteiger partial charge >= 0.3 is 0 Å². The van der Waals surface area contributed by atoms with Crippen LogP contribution in [-0.2, 0) is 4.79 Å². The second-order valence-corrected chi connectivity index (χ2v) is 8.82. The summed E-state index contributed by atoms with van der Waals surface area (Å²) in [5.41, 5.74) is 2.80. The number of imidazole rings is 1. The molecule has 182 valence electrons. The Hall–Kier alpha value is -4.37. The number of amides is 1. The third kappa shape index (κ3) is 4.60. The highest BCUT2D eigenvalue weighted by Crippen LogP contribution is 2.29. The van der Waals surface area contributed by atoms with Crippen molar-refractivity contribution in [2.45, 2.75) is 6.92 Å². The number of carbonyl (C=O) groups is 1. The second kappa shape index (κ2) is 10.1. The molecule has 0 radical (unpaired) electrons. The summed E-state index contributed by atoms with van der Waals surface area (Å²) >= 11 is 1.33. The lowest BCUT2D eigenvalue weighted by atomic mass is 10.2. The maximum atomic E-state index is 13.1. The molecule has 8 nitrogen and oxygen atoms in total. The molecule has 0 aliphatic carbocycles. The fraction of sp³-hybridized carbons (Fsp3) is 0.148. The molecule has 36 heavy (non-hydrogen) atoms. The molecular formula is C27H23N3O5S. The smallest absolute Gasteiger partial charge is 0.274 e. The summed E-state index contributed by atoms with van der Waals surface area (Å²) in [6.45, 7) is 2.07. The van der Waals surface area contributed by atoms with Crippen LogP contribution < -0.4 is 29.6 Å². The predicted molar refractivity (Wildman–Crippen MR) is 140 cm³/mol. The molecule has 0 saturated heterocycles. The molecule has 0 fully saturated rings. The van der Waals surface area contributed by atoms with Crippen molar-refractivity contribution in [3.8, 4) is 17.2 Å². The topological polar surface area (TPSA) is 91.2 Å².